The van der Waals surface area contributed by atoms with E-state index in [9.17, 15) is 10.1 Å². The molecule has 1 aromatic rings. The van der Waals surface area contributed by atoms with Gasteiger partial charge in [-0.25, -0.2) is 0 Å². The van der Waals surface area contributed by atoms with Gasteiger partial charge in [0.2, 0.25) is 0 Å². The lowest BCUT2D eigenvalue weighted by atomic mass is 10.2. The van der Waals surface area contributed by atoms with Crippen LogP contribution in [0.2, 0.25) is 0 Å². The van der Waals surface area contributed by atoms with Crippen molar-refractivity contribution in [2.75, 3.05) is 31.7 Å². The minimum Gasteiger partial charge on any atom is -0.393 e. The lowest BCUT2D eigenvalue weighted by Gasteiger charge is -2.19. The van der Waals surface area contributed by atoms with Crippen LogP contribution >= 0.6 is 0 Å². The fourth-order valence-corrected chi connectivity index (χ4v) is 1.69. The molecule has 0 aliphatic carbocycles. The molecule has 17 heavy (non-hydrogen) atoms. The first-order valence-electron chi connectivity index (χ1n) is 5.35. The molecule has 6 heteroatoms. The van der Waals surface area contributed by atoms with Gasteiger partial charge in [0.25, 0.3) is 5.69 Å². The molecule has 0 bridgehead atoms. The summed E-state index contributed by atoms with van der Waals surface area (Å²) in [6, 6.07) is 4.91. The zero-order chi connectivity index (χ0) is 13.0. The molecule has 6 nitrogen and oxygen atoms in total. The van der Waals surface area contributed by atoms with Gasteiger partial charge < -0.3 is 16.0 Å². The normalized spacial score (nSPS) is 12.5. The fraction of sp³-hybridized carbons (Fsp3) is 0.455. The van der Waals surface area contributed by atoms with Gasteiger partial charge in [0.1, 0.15) is 5.69 Å². The van der Waals surface area contributed by atoms with Gasteiger partial charge >= 0.3 is 0 Å². The highest BCUT2D eigenvalue weighted by atomic mass is 16.6. The van der Waals surface area contributed by atoms with Gasteiger partial charge in [0.05, 0.1) is 4.92 Å². The molecule has 0 aliphatic rings. The minimum absolute atomic E-state index is 0.0594. The number of nitrogens with two attached hydrogens (primary N) is 1. The number of nitrogens with one attached hydrogen (secondary N) is 1. The molecule has 0 spiro atoms. The average molecular weight is 238 g/mol. The Kier molecular flexibility index (Phi) is 4.28. The molecule has 0 aromatic heterocycles. The number of nitro groups is 1. The third kappa shape index (κ3) is 3.92. The predicted octanol–water partition coefficient (Wildman–Crippen LogP) is 1.54. The van der Waals surface area contributed by atoms with E-state index in [1.165, 1.54) is 6.07 Å². The smallest absolute Gasteiger partial charge is 0.292 e. The molecule has 0 fully saturated rings. The lowest BCUT2D eigenvalue weighted by Crippen LogP contribution is -2.29. The second-order valence-corrected chi connectivity index (χ2v) is 4.34. The van der Waals surface area contributed by atoms with E-state index in [1.54, 1.807) is 12.1 Å². The molecule has 0 amide bonds. The summed E-state index contributed by atoms with van der Waals surface area (Å²) in [5.41, 5.74) is 6.52. The van der Waals surface area contributed by atoms with Gasteiger partial charge in [-0.15, -0.1) is 0 Å². The van der Waals surface area contributed by atoms with E-state index in [0.29, 0.717) is 0 Å². The second kappa shape index (κ2) is 5.49. The fourth-order valence-electron chi connectivity index (χ4n) is 1.69. The van der Waals surface area contributed by atoms with Gasteiger partial charge in [-0.3, -0.25) is 10.1 Å². The van der Waals surface area contributed by atoms with E-state index in [-0.39, 0.29) is 17.4 Å². The summed E-state index contributed by atoms with van der Waals surface area (Å²) in [6.45, 7) is 2.91. The molecule has 1 rings (SSSR count). The molecule has 0 saturated heterocycles. The largest absolute Gasteiger partial charge is 0.393 e. The van der Waals surface area contributed by atoms with Crippen LogP contribution in [0, 0.1) is 10.1 Å². The summed E-state index contributed by atoms with van der Waals surface area (Å²) in [5, 5.41) is 13.8. The first kappa shape index (κ1) is 13.2. The van der Waals surface area contributed by atoms with Crippen LogP contribution in [0.15, 0.2) is 18.2 Å². The van der Waals surface area contributed by atoms with E-state index in [2.05, 4.69) is 10.2 Å². The number of benzene rings is 1. The number of nitrogen functional groups attached to an aromatic ring is 1. The van der Waals surface area contributed by atoms with Crippen LogP contribution in [0.3, 0.4) is 0 Å². The van der Waals surface area contributed by atoms with Gasteiger partial charge in [-0.1, -0.05) is 0 Å². The molecule has 0 saturated carbocycles. The molecular weight excluding hydrogens is 220 g/mol. The monoisotopic (exact) mass is 238 g/mol. The number of rotatable bonds is 5. The number of likely N-dealkylation sites (N-methyl/N-ethyl adjacent to an activating group) is 1. The van der Waals surface area contributed by atoms with Crippen molar-refractivity contribution in [2.24, 2.45) is 0 Å². The highest BCUT2D eigenvalue weighted by molar-refractivity contribution is 5.66. The summed E-state index contributed by atoms with van der Waals surface area (Å²) in [7, 11) is 3.98. The maximum Gasteiger partial charge on any atom is 0.292 e. The number of hydrogen-bond donors (Lipinski definition) is 2. The molecule has 0 aliphatic heterocycles. The van der Waals surface area contributed by atoms with Gasteiger partial charge in [-0.05, 0) is 33.2 Å². The Labute approximate surface area is 101 Å². The van der Waals surface area contributed by atoms with Crippen molar-refractivity contribution in [1.82, 2.24) is 4.90 Å². The van der Waals surface area contributed by atoms with Gasteiger partial charge in [0.15, 0.2) is 0 Å². The van der Waals surface area contributed by atoms with Crippen molar-refractivity contribution >= 4 is 17.1 Å². The number of anilines is 2. The Balaban J connectivity index is 2.74. The molecule has 1 unspecified atom stereocenters. The molecule has 0 heterocycles. The van der Waals surface area contributed by atoms with E-state index in [4.69, 9.17) is 5.73 Å². The summed E-state index contributed by atoms with van der Waals surface area (Å²) >= 11 is 0. The van der Waals surface area contributed by atoms with Gasteiger partial charge in [-0.2, -0.15) is 0 Å². The predicted molar refractivity (Wildman–Crippen MR) is 69.1 cm³/mol. The topological polar surface area (TPSA) is 84.4 Å². The molecule has 1 aromatic carbocycles. The van der Waals surface area contributed by atoms with Crippen LogP contribution in [0.5, 0.6) is 0 Å². The first-order chi connectivity index (χ1) is 7.90. The quantitative estimate of drug-likeness (QED) is 0.462. The van der Waals surface area contributed by atoms with Crippen molar-refractivity contribution in [3.63, 3.8) is 0 Å². The second-order valence-electron chi connectivity index (χ2n) is 4.34. The maximum absolute atomic E-state index is 10.6. The minimum atomic E-state index is -0.484. The SMILES string of the molecule is CC(CN(C)C)Nc1ccc([N+](=O)[O-])c(N)c1. The summed E-state index contributed by atoms with van der Waals surface area (Å²) in [6.07, 6.45) is 0. The van der Waals surface area contributed by atoms with Crippen LogP contribution < -0.4 is 11.1 Å². The number of hydrogen-bond acceptors (Lipinski definition) is 5. The highest BCUT2D eigenvalue weighted by Gasteiger charge is 2.12. The third-order valence-electron chi connectivity index (χ3n) is 2.28. The number of nitrogens with zero attached hydrogens (tertiary/aromatic N) is 2. The van der Waals surface area contributed by atoms with E-state index in [0.717, 1.165) is 12.2 Å². The van der Waals surface area contributed by atoms with Crippen molar-refractivity contribution in [3.8, 4) is 0 Å². The Morgan fingerprint density at radius 2 is 2.18 bits per heavy atom. The molecule has 1 atom stereocenters. The third-order valence-corrected chi connectivity index (χ3v) is 2.28. The van der Waals surface area contributed by atoms with Crippen molar-refractivity contribution in [2.45, 2.75) is 13.0 Å². The maximum atomic E-state index is 10.6. The standard InChI is InChI=1S/C11H18N4O2/c1-8(7-14(2)3)13-9-4-5-11(15(16)17)10(12)6-9/h4-6,8,13H,7,12H2,1-3H3. The molecule has 94 valence electrons. The Morgan fingerprint density at radius 3 is 2.65 bits per heavy atom. The van der Waals surface area contributed by atoms with Crippen LogP contribution in [-0.4, -0.2) is 36.5 Å². The summed E-state index contributed by atoms with van der Waals surface area (Å²) < 4.78 is 0. The zero-order valence-corrected chi connectivity index (χ0v) is 10.3. The van der Waals surface area contributed by atoms with Crippen LogP contribution in [0.4, 0.5) is 17.1 Å². The summed E-state index contributed by atoms with van der Waals surface area (Å²) in [4.78, 5) is 12.2. The van der Waals surface area contributed by atoms with E-state index in [1.807, 2.05) is 21.0 Å². The Bertz CT molecular complexity index is 406. The van der Waals surface area contributed by atoms with Crippen molar-refractivity contribution in [1.29, 1.82) is 0 Å². The van der Waals surface area contributed by atoms with Crippen LogP contribution in [-0.2, 0) is 0 Å². The molecule has 0 radical (unpaired) electrons. The van der Waals surface area contributed by atoms with E-state index >= 15 is 0 Å². The lowest BCUT2D eigenvalue weighted by molar-refractivity contribution is -0.383. The molecule has 3 N–H and O–H groups in total. The Hall–Kier alpha value is -1.82. The van der Waals surface area contributed by atoms with Gasteiger partial charge in [0, 0.05) is 24.3 Å². The van der Waals surface area contributed by atoms with Crippen molar-refractivity contribution in [3.05, 3.63) is 28.3 Å². The first-order valence-corrected chi connectivity index (χ1v) is 5.35. The van der Waals surface area contributed by atoms with Crippen LogP contribution in [0.25, 0.3) is 0 Å². The molecular formula is C11H18N4O2. The van der Waals surface area contributed by atoms with E-state index < -0.39 is 4.92 Å². The van der Waals surface area contributed by atoms with Crippen LogP contribution in [0.1, 0.15) is 6.92 Å². The zero-order valence-electron chi connectivity index (χ0n) is 10.3. The Morgan fingerprint density at radius 1 is 1.53 bits per heavy atom. The highest BCUT2D eigenvalue weighted by Crippen LogP contribution is 2.24. The summed E-state index contributed by atoms with van der Waals surface area (Å²) in [5.74, 6) is 0. The average Bonchev–Trinajstić information content (AvgIpc) is 2.15. The van der Waals surface area contributed by atoms with Crippen molar-refractivity contribution < 1.29 is 4.92 Å². The number of nitro benzene ring substituents is 1.